The van der Waals surface area contributed by atoms with E-state index in [9.17, 15) is 4.79 Å². The van der Waals surface area contributed by atoms with Gasteiger partial charge in [-0.3, -0.25) is 4.79 Å². The third-order valence-electron chi connectivity index (χ3n) is 5.13. The number of ether oxygens (including phenoxy) is 1. The number of hydrogen-bond donors (Lipinski definition) is 0. The zero-order valence-electron chi connectivity index (χ0n) is 15.1. The highest BCUT2D eigenvalue weighted by atomic mass is 16.5. The lowest BCUT2D eigenvalue weighted by Crippen LogP contribution is -2.08. The number of carbonyl (C=O) groups excluding carboxylic acids is 1. The molecular formula is C23H23NO2. The van der Waals surface area contributed by atoms with E-state index in [1.165, 1.54) is 0 Å². The third-order valence-corrected chi connectivity index (χ3v) is 5.13. The summed E-state index contributed by atoms with van der Waals surface area (Å²) in [5, 5.41) is 1.12. The molecule has 1 aliphatic rings. The fourth-order valence-corrected chi connectivity index (χ4v) is 3.66. The van der Waals surface area contributed by atoms with Crippen molar-refractivity contribution < 1.29 is 9.53 Å². The Hall–Kier alpha value is -2.68. The van der Waals surface area contributed by atoms with Crippen LogP contribution in [-0.2, 0) is 13.0 Å². The van der Waals surface area contributed by atoms with Gasteiger partial charge < -0.3 is 4.74 Å². The molecule has 1 unspecified atom stereocenters. The molecule has 0 bridgehead atoms. The SMILES string of the molecule is CCCCC1Cc2ccc(OCc3ccc4ccccc4n3)cc2C1=O. The largest absolute Gasteiger partial charge is 0.487 e. The Morgan fingerprint density at radius 2 is 2.00 bits per heavy atom. The minimum atomic E-state index is 0.155. The van der Waals surface area contributed by atoms with Crippen LogP contribution in [0.2, 0.25) is 0 Å². The van der Waals surface area contributed by atoms with Crippen molar-refractivity contribution >= 4 is 16.7 Å². The van der Waals surface area contributed by atoms with Gasteiger partial charge in [0.25, 0.3) is 0 Å². The van der Waals surface area contributed by atoms with Crippen molar-refractivity contribution in [1.29, 1.82) is 0 Å². The Morgan fingerprint density at radius 3 is 2.88 bits per heavy atom. The Balaban J connectivity index is 1.46. The van der Waals surface area contributed by atoms with Gasteiger partial charge in [-0.15, -0.1) is 0 Å². The molecule has 3 aromatic rings. The lowest BCUT2D eigenvalue weighted by molar-refractivity contribution is 0.0929. The van der Waals surface area contributed by atoms with E-state index < -0.39 is 0 Å². The summed E-state index contributed by atoms with van der Waals surface area (Å²) < 4.78 is 5.92. The lowest BCUT2D eigenvalue weighted by Gasteiger charge is -2.08. The molecule has 0 amide bonds. The highest BCUT2D eigenvalue weighted by Crippen LogP contribution is 2.32. The zero-order chi connectivity index (χ0) is 17.9. The van der Waals surface area contributed by atoms with E-state index >= 15 is 0 Å². The molecule has 0 radical (unpaired) electrons. The maximum Gasteiger partial charge on any atom is 0.166 e. The maximum atomic E-state index is 12.6. The van der Waals surface area contributed by atoms with Crippen molar-refractivity contribution in [2.45, 2.75) is 39.2 Å². The van der Waals surface area contributed by atoms with E-state index in [1.807, 2.05) is 48.5 Å². The van der Waals surface area contributed by atoms with Gasteiger partial charge in [-0.05, 0) is 42.7 Å². The van der Waals surface area contributed by atoms with Crippen molar-refractivity contribution in [2.24, 2.45) is 5.92 Å². The average Bonchev–Trinajstić information content (AvgIpc) is 3.00. The van der Waals surface area contributed by atoms with Crippen LogP contribution in [0.1, 0.15) is 47.8 Å². The standard InChI is InChI=1S/C23H23NO2/c1-2-3-6-18-13-17-10-12-20(14-21(17)23(18)25)26-15-19-11-9-16-7-4-5-8-22(16)24-19/h4-5,7-12,14,18H,2-3,6,13,15H2,1H3. The number of hydrogen-bond acceptors (Lipinski definition) is 3. The molecular weight excluding hydrogens is 322 g/mol. The van der Waals surface area contributed by atoms with Crippen LogP contribution in [0.25, 0.3) is 10.9 Å². The number of para-hydroxylation sites is 1. The van der Waals surface area contributed by atoms with Crippen molar-refractivity contribution in [2.75, 3.05) is 0 Å². The summed E-state index contributed by atoms with van der Waals surface area (Å²) in [7, 11) is 0. The predicted octanol–water partition coefficient (Wildman–Crippen LogP) is 5.36. The smallest absolute Gasteiger partial charge is 0.166 e. The Labute approximate surface area is 154 Å². The normalized spacial score (nSPS) is 16.0. The molecule has 1 aliphatic carbocycles. The number of fused-ring (bicyclic) bond motifs is 2. The van der Waals surface area contributed by atoms with Crippen molar-refractivity contribution in [1.82, 2.24) is 4.98 Å². The molecule has 1 aromatic heterocycles. The number of carbonyl (C=O) groups is 1. The number of pyridine rings is 1. The third kappa shape index (κ3) is 3.34. The molecule has 0 saturated carbocycles. The van der Waals surface area contributed by atoms with Gasteiger partial charge in [-0.2, -0.15) is 0 Å². The van der Waals surface area contributed by atoms with Crippen LogP contribution in [0.3, 0.4) is 0 Å². The van der Waals surface area contributed by atoms with Crippen LogP contribution >= 0.6 is 0 Å². The summed E-state index contributed by atoms with van der Waals surface area (Å²) in [6.07, 6.45) is 4.11. The molecule has 0 saturated heterocycles. The van der Waals surface area contributed by atoms with Crippen LogP contribution in [-0.4, -0.2) is 10.8 Å². The summed E-state index contributed by atoms with van der Waals surface area (Å²) in [6, 6.07) is 18.0. The summed E-state index contributed by atoms with van der Waals surface area (Å²) >= 11 is 0. The van der Waals surface area contributed by atoms with E-state index in [4.69, 9.17) is 4.74 Å². The number of Topliss-reactive ketones (excluding diaryl/α,β-unsaturated/α-hetero) is 1. The number of benzene rings is 2. The number of aromatic nitrogens is 1. The fourth-order valence-electron chi connectivity index (χ4n) is 3.66. The second-order valence-electron chi connectivity index (χ2n) is 7.01. The molecule has 3 nitrogen and oxygen atoms in total. The van der Waals surface area contributed by atoms with E-state index in [1.54, 1.807) is 0 Å². The first-order valence-corrected chi connectivity index (χ1v) is 9.39. The molecule has 1 heterocycles. The molecule has 0 aliphatic heterocycles. The van der Waals surface area contributed by atoms with Gasteiger partial charge in [0, 0.05) is 16.9 Å². The first-order valence-electron chi connectivity index (χ1n) is 9.39. The molecule has 0 N–H and O–H groups in total. The molecule has 1 atom stereocenters. The number of unbranched alkanes of at least 4 members (excludes halogenated alkanes) is 1. The first kappa shape index (κ1) is 16.8. The second-order valence-corrected chi connectivity index (χ2v) is 7.01. The molecule has 0 fully saturated rings. The zero-order valence-corrected chi connectivity index (χ0v) is 15.1. The first-order chi connectivity index (χ1) is 12.7. The van der Waals surface area contributed by atoms with Crippen molar-refractivity contribution in [3.63, 3.8) is 0 Å². The summed E-state index contributed by atoms with van der Waals surface area (Å²) in [6.45, 7) is 2.57. The summed E-state index contributed by atoms with van der Waals surface area (Å²) in [5.41, 5.74) is 3.86. The highest BCUT2D eigenvalue weighted by Gasteiger charge is 2.30. The van der Waals surface area contributed by atoms with Crippen LogP contribution in [0, 0.1) is 5.92 Å². The second kappa shape index (κ2) is 7.28. The molecule has 2 aromatic carbocycles. The van der Waals surface area contributed by atoms with Crippen molar-refractivity contribution in [3.8, 4) is 5.75 Å². The van der Waals surface area contributed by atoms with E-state index in [-0.39, 0.29) is 11.7 Å². The lowest BCUT2D eigenvalue weighted by atomic mass is 9.98. The van der Waals surface area contributed by atoms with Crippen molar-refractivity contribution in [3.05, 3.63) is 71.4 Å². The van der Waals surface area contributed by atoms with Crippen LogP contribution in [0.4, 0.5) is 0 Å². The summed E-state index contributed by atoms with van der Waals surface area (Å²) in [5.74, 6) is 1.17. The topological polar surface area (TPSA) is 39.2 Å². The van der Waals surface area contributed by atoms with Gasteiger partial charge in [0.1, 0.15) is 12.4 Å². The van der Waals surface area contributed by atoms with Gasteiger partial charge >= 0.3 is 0 Å². The van der Waals surface area contributed by atoms with E-state index in [0.29, 0.717) is 6.61 Å². The number of ketones is 1. The van der Waals surface area contributed by atoms with Gasteiger partial charge in [0.15, 0.2) is 5.78 Å². The highest BCUT2D eigenvalue weighted by molar-refractivity contribution is 6.02. The number of nitrogens with zero attached hydrogens (tertiary/aromatic N) is 1. The Kier molecular flexibility index (Phi) is 4.70. The Bertz CT molecular complexity index is 948. The van der Waals surface area contributed by atoms with E-state index in [2.05, 4.69) is 18.0 Å². The van der Waals surface area contributed by atoms with Crippen LogP contribution in [0.5, 0.6) is 5.75 Å². The average molecular weight is 345 g/mol. The van der Waals surface area contributed by atoms with Crippen LogP contribution < -0.4 is 4.74 Å². The minimum absolute atomic E-state index is 0.155. The Morgan fingerprint density at radius 1 is 1.12 bits per heavy atom. The molecule has 0 spiro atoms. The van der Waals surface area contributed by atoms with Gasteiger partial charge in [0.05, 0.1) is 11.2 Å². The molecule has 26 heavy (non-hydrogen) atoms. The van der Waals surface area contributed by atoms with E-state index in [0.717, 1.165) is 59.2 Å². The predicted molar refractivity (Wildman–Crippen MR) is 104 cm³/mol. The fraction of sp³-hybridized carbons (Fsp3) is 0.304. The molecule has 132 valence electrons. The number of rotatable bonds is 6. The maximum absolute atomic E-state index is 12.6. The summed E-state index contributed by atoms with van der Waals surface area (Å²) in [4.78, 5) is 17.2. The monoisotopic (exact) mass is 345 g/mol. The van der Waals surface area contributed by atoms with Gasteiger partial charge in [-0.1, -0.05) is 50.1 Å². The molecule has 3 heteroatoms. The minimum Gasteiger partial charge on any atom is -0.487 e. The molecule has 4 rings (SSSR count). The van der Waals surface area contributed by atoms with Gasteiger partial charge in [-0.25, -0.2) is 4.98 Å². The van der Waals surface area contributed by atoms with Crippen LogP contribution in [0.15, 0.2) is 54.6 Å². The quantitative estimate of drug-likeness (QED) is 0.604. The van der Waals surface area contributed by atoms with Gasteiger partial charge in [0.2, 0.25) is 0 Å².